The summed E-state index contributed by atoms with van der Waals surface area (Å²) in [4.78, 5) is 4.98. The molecule has 3 rings (SSSR count). The van der Waals surface area contributed by atoms with Crippen molar-refractivity contribution in [2.24, 2.45) is 0 Å². The van der Waals surface area contributed by atoms with Crippen molar-refractivity contribution in [3.8, 4) is 0 Å². The van der Waals surface area contributed by atoms with E-state index in [0.717, 1.165) is 39.1 Å². The van der Waals surface area contributed by atoms with Gasteiger partial charge in [0.25, 0.3) is 0 Å². The summed E-state index contributed by atoms with van der Waals surface area (Å²) in [6.45, 7) is 5.47. The second kappa shape index (κ2) is 9.46. The lowest BCUT2D eigenvalue weighted by Gasteiger charge is -2.39. The van der Waals surface area contributed by atoms with Crippen LogP contribution < -0.4 is 4.72 Å². The van der Waals surface area contributed by atoms with Crippen LogP contribution in [0.25, 0.3) is 0 Å². The predicted molar refractivity (Wildman–Crippen MR) is 110 cm³/mol. The molecule has 1 saturated heterocycles. The zero-order valence-corrected chi connectivity index (χ0v) is 16.7. The van der Waals surface area contributed by atoms with Crippen LogP contribution in [-0.4, -0.2) is 63.7 Å². The second-order valence-corrected chi connectivity index (χ2v) is 8.95. The van der Waals surface area contributed by atoms with E-state index < -0.39 is 10.0 Å². The first kappa shape index (κ1) is 20.0. The van der Waals surface area contributed by atoms with Gasteiger partial charge in [-0.15, -0.1) is 0 Å². The molecule has 1 N–H and O–H groups in total. The summed E-state index contributed by atoms with van der Waals surface area (Å²) in [6.07, 6.45) is 2.05. The Morgan fingerprint density at radius 3 is 1.89 bits per heavy atom. The summed E-state index contributed by atoms with van der Waals surface area (Å²) in [5.74, 6) is 0. The van der Waals surface area contributed by atoms with Crippen molar-refractivity contribution < 1.29 is 8.42 Å². The first-order valence-corrected chi connectivity index (χ1v) is 11.4. The number of nitrogens with zero attached hydrogens (tertiary/aromatic N) is 2. The Hall–Kier alpha value is -1.73. The largest absolute Gasteiger partial charge is 0.301 e. The molecule has 0 bridgehead atoms. The van der Waals surface area contributed by atoms with Crippen molar-refractivity contribution in [2.75, 3.05) is 45.5 Å². The molecular formula is C21H29N3O2S. The first-order chi connectivity index (χ1) is 13.0. The van der Waals surface area contributed by atoms with Crippen molar-refractivity contribution in [3.05, 3.63) is 71.8 Å². The molecule has 6 heteroatoms. The third-order valence-electron chi connectivity index (χ3n) is 5.02. The maximum absolute atomic E-state index is 11.1. The maximum Gasteiger partial charge on any atom is 0.208 e. The number of hydrogen-bond donors (Lipinski definition) is 1. The lowest BCUT2D eigenvalue weighted by Crippen LogP contribution is -2.48. The van der Waals surface area contributed by atoms with Crippen LogP contribution >= 0.6 is 0 Å². The average Bonchev–Trinajstić information content (AvgIpc) is 2.68. The quantitative estimate of drug-likeness (QED) is 0.707. The Labute approximate surface area is 163 Å². The molecule has 1 heterocycles. The van der Waals surface area contributed by atoms with Crippen molar-refractivity contribution in [1.82, 2.24) is 14.5 Å². The van der Waals surface area contributed by atoms with E-state index >= 15 is 0 Å². The molecule has 5 nitrogen and oxygen atoms in total. The molecule has 27 heavy (non-hydrogen) atoms. The minimum atomic E-state index is -3.09. The minimum absolute atomic E-state index is 0.279. The zero-order valence-electron chi connectivity index (χ0n) is 15.9. The Bertz CT molecular complexity index is 749. The number of hydrogen-bond acceptors (Lipinski definition) is 4. The Kier molecular flexibility index (Phi) is 7.01. The molecule has 0 saturated carbocycles. The summed E-state index contributed by atoms with van der Waals surface area (Å²) >= 11 is 0. The Morgan fingerprint density at radius 1 is 0.889 bits per heavy atom. The first-order valence-electron chi connectivity index (χ1n) is 9.54. The van der Waals surface area contributed by atoms with Gasteiger partial charge in [0.05, 0.1) is 12.3 Å². The van der Waals surface area contributed by atoms with E-state index in [1.165, 1.54) is 17.4 Å². The van der Waals surface area contributed by atoms with E-state index in [1.807, 2.05) is 0 Å². The van der Waals surface area contributed by atoms with E-state index in [9.17, 15) is 8.42 Å². The van der Waals surface area contributed by atoms with Crippen LogP contribution in [-0.2, 0) is 10.0 Å². The third kappa shape index (κ3) is 6.14. The van der Waals surface area contributed by atoms with Crippen LogP contribution in [0.1, 0.15) is 23.6 Å². The molecule has 1 fully saturated rings. The minimum Gasteiger partial charge on any atom is -0.301 e. The highest BCUT2D eigenvalue weighted by Crippen LogP contribution is 2.29. The Balaban J connectivity index is 1.59. The molecular weight excluding hydrogens is 358 g/mol. The number of nitrogens with one attached hydrogen (secondary N) is 1. The van der Waals surface area contributed by atoms with Gasteiger partial charge in [-0.2, -0.15) is 0 Å². The van der Waals surface area contributed by atoms with E-state index in [1.54, 1.807) is 0 Å². The second-order valence-electron chi connectivity index (χ2n) is 7.12. The highest BCUT2D eigenvalue weighted by Gasteiger charge is 2.26. The summed E-state index contributed by atoms with van der Waals surface area (Å²) in [5.41, 5.74) is 2.66. The van der Waals surface area contributed by atoms with Crippen molar-refractivity contribution in [1.29, 1.82) is 0 Å². The van der Waals surface area contributed by atoms with E-state index in [-0.39, 0.29) is 6.04 Å². The highest BCUT2D eigenvalue weighted by molar-refractivity contribution is 7.88. The molecule has 2 aromatic rings. The molecule has 0 aliphatic carbocycles. The normalized spacial score (nSPS) is 16.7. The van der Waals surface area contributed by atoms with Gasteiger partial charge in [-0.25, -0.2) is 13.1 Å². The molecule has 0 spiro atoms. The van der Waals surface area contributed by atoms with Gasteiger partial charge in [0.1, 0.15) is 0 Å². The van der Waals surface area contributed by atoms with Crippen LogP contribution in [0.4, 0.5) is 0 Å². The van der Waals surface area contributed by atoms with Crippen LogP contribution in [0.2, 0.25) is 0 Å². The molecule has 2 aromatic carbocycles. The highest BCUT2D eigenvalue weighted by atomic mass is 32.2. The van der Waals surface area contributed by atoms with E-state index in [0.29, 0.717) is 6.54 Å². The number of piperazine rings is 1. The van der Waals surface area contributed by atoms with Crippen LogP contribution in [0.5, 0.6) is 0 Å². The molecule has 0 aromatic heterocycles. The van der Waals surface area contributed by atoms with Gasteiger partial charge in [0.15, 0.2) is 0 Å². The van der Waals surface area contributed by atoms with E-state index in [4.69, 9.17) is 0 Å². The molecule has 0 atom stereocenters. The monoisotopic (exact) mass is 387 g/mol. The lowest BCUT2D eigenvalue weighted by molar-refractivity contribution is 0.109. The molecule has 0 amide bonds. The van der Waals surface area contributed by atoms with Gasteiger partial charge in [-0.3, -0.25) is 4.90 Å². The smallest absolute Gasteiger partial charge is 0.208 e. The van der Waals surface area contributed by atoms with Gasteiger partial charge in [0.2, 0.25) is 10.0 Å². The summed E-state index contributed by atoms with van der Waals surface area (Å²) < 4.78 is 24.8. The zero-order chi connectivity index (χ0) is 19.1. The van der Waals surface area contributed by atoms with Crippen LogP contribution in [0.15, 0.2) is 60.7 Å². The fourth-order valence-corrected chi connectivity index (χ4v) is 4.21. The third-order valence-corrected chi connectivity index (χ3v) is 5.75. The molecule has 0 radical (unpaired) electrons. The van der Waals surface area contributed by atoms with Gasteiger partial charge >= 0.3 is 0 Å². The van der Waals surface area contributed by atoms with Gasteiger partial charge in [0, 0.05) is 32.7 Å². The number of benzene rings is 2. The molecule has 0 unspecified atom stereocenters. The summed E-state index contributed by atoms with van der Waals surface area (Å²) in [5, 5.41) is 0. The van der Waals surface area contributed by atoms with Crippen LogP contribution in [0, 0.1) is 0 Å². The van der Waals surface area contributed by atoms with Gasteiger partial charge in [-0.1, -0.05) is 60.7 Å². The maximum atomic E-state index is 11.1. The van der Waals surface area contributed by atoms with Crippen molar-refractivity contribution >= 4 is 10.0 Å². The van der Waals surface area contributed by atoms with Crippen LogP contribution in [0.3, 0.4) is 0 Å². The summed E-state index contributed by atoms with van der Waals surface area (Å²) in [6, 6.07) is 21.7. The fraction of sp³-hybridized carbons (Fsp3) is 0.429. The number of sulfonamides is 1. The molecule has 146 valence electrons. The van der Waals surface area contributed by atoms with Gasteiger partial charge < -0.3 is 4.90 Å². The van der Waals surface area contributed by atoms with E-state index in [2.05, 4.69) is 75.2 Å². The SMILES string of the molecule is CS(=O)(=O)NCCCN1CCN(C(c2ccccc2)c2ccccc2)CC1. The fourth-order valence-electron chi connectivity index (χ4n) is 3.69. The summed E-state index contributed by atoms with van der Waals surface area (Å²) in [7, 11) is -3.09. The molecule has 1 aliphatic rings. The lowest BCUT2D eigenvalue weighted by atomic mass is 9.96. The van der Waals surface area contributed by atoms with Crippen molar-refractivity contribution in [2.45, 2.75) is 12.5 Å². The molecule has 1 aliphatic heterocycles. The Morgan fingerprint density at radius 2 is 1.41 bits per heavy atom. The van der Waals surface area contributed by atoms with Gasteiger partial charge in [-0.05, 0) is 24.1 Å². The average molecular weight is 388 g/mol. The topological polar surface area (TPSA) is 52.7 Å². The standard InChI is InChI=1S/C21H29N3O2S/c1-27(25,26)22-13-8-14-23-15-17-24(18-16-23)21(19-9-4-2-5-10-19)20-11-6-3-7-12-20/h2-7,9-12,21-22H,8,13-18H2,1H3. The predicted octanol–water partition coefficient (Wildman–Crippen LogP) is 2.33. The number of rotatable bonds is 8. The van der Waals surface area contributed by atoms with Crippen molar-refractivity contribution in [3.63, 3.8) is 0 Å².